The first kappa shape index (κ1) is 40.0. The first-order chi connectivity index (χ1) is 20.3. The first-order valence-electron chi connectivity index (χ1n) is 16.5. The standard InChI is InChI=1S/C38H64N2O6/c1-24(27-20-25(33(2,3)4)22-29(35(8,9)10)31(27)43-39(41)45-37(14,15)16)28-21-26(34(5,6)7)23-30(36(11,12)13)32(28)44-40(42)46-38(17,18)19/h20-24,39-40H,1-19H3. The largest absolute Gasteiger partial charge is 0.556 e. The predicted octanol–water partition coefficient (Wildman–Crippen LogP) is 7.84. The molecule has 0 aliphatic rings. The lowest BCUT2D eigenvalue weighted by atomic mass is 9.74. The van der Waals surface area contributed by atoms with Crippen LogP contribution in [0.2, 0.25) is 0 Å². The third-order valence-electron chi connectivity index (χ3n) is 7.67. The molecule has 0 aliphatic carbocycles. The lowest BCUT2D eigenvalue weighted by molar-refractivity contribution is -1.19. The minimum Gasteiger partial charge on any atom is -0.556 e. The summed E-state index contributed by atoms with van der Waals surface area (Å²) in [6.45, 7) is 38.7. The van der Waals surface area contributed by atoms with E-state index < -0.39 is 22.0 Å². The second-order valence-electron chi connectivity index (χ2n) is 18.7. The molecule has 8 heteroatoms. The zero-order valence-corrected chi connectivity index (χ0v) is 32.3. The minimum atomic E-state index is -0.765. The second kappa shape index (κ2) is 13.4. The van der Waals surface area contributed by atoms with E-state index in [9.17, 15) is 10.4 Å². The van der Waals surface area contributed by atoms with Crippen LogP contribution in [0.1, 0.15) is 171 Å². The van der Waals surface area contributed by atoms with Gasteiger partial charge in [0.2, 0.25) is 11.5 Å². The molecule has 262 valence electrons. The molecule has 2 unspecified atom stereocenters. The molecular weight excluding hydrogens is 580 g/mol. The first-order valence-corrected chi connectivity index (χ1v) is 16.5. The van der Waals surface area contributed by atoms with E-state index >= 15 is 0 Å². The second-order valence-corrected chi connectivity index (χ2v) is 18.7. The summed E-state index contributed by atoms with van der Waals surface area (Å²) in [6.07, 6.45) is 0. The van der Waals surface area contributed by atoms with Crippen molar-refractivity contribution in [3.05, 3.63) is 68.1 Å². The van der Waals surface area contributed by atoms with Gasteiger partial charge in [0.15, 0.2) is 0 Å². The summed E-state index contributed by atoms with van der Waals surface area (Å²) >= 11 is 0. The van der Waals surface area contributed by atoms with Gasteiger partial charge in [0.1, 0.15) is 11.2 Å². The van der Waals surface area contributed by atoms with Gasteiger partial charge in [-0.15, -0.1) is 0 Å². The predicted molar refractivity (Wildman–Crippen MR) is 187 cm³/mol. The number of quaternary nitrogens is 2. The molecule has 0 aromatic heterocycles. The van der Waals surface area contributed by atoms with Gasteiger partial charge >= 0.3 is 0 Å². The van der Waals surface area contributed by atoms with E-state index in [2.05, 4.69) is 114 Å². The van der Waals surface area contributed by atoms with Crippen LogP contribution in [0, 0.1) is 10.4 Å². The SMILES string of the molecule is CC(c1cc(C(C)(C)C)cc(C(C)(C)C)c1O[NH+]([O-])OC(C)(C)C)c1cc(C(C)(C)C)cc(C(C)(C)C)c1O[NH+]([O-])OC(C)(C)C. The molecule has 8 nitrogen and oxygen atoms in total. The Morgan fingerprint density at radius 3 is 0.978 bits per heavy atom. The van der Waals surface area contributed by atoms with Crippen molar-refractivity contribution in [1.82, 2.24) is 0 Å². The van der Waals surface area contributed by atoms with Gasteiger partial charge < -0.3 is 10.4 Å². The third-order valence-corrected chi connectivity index (χ3v) is 7.67. The number of hydrogen-bond acceptors (Lipinski definition) is 6. The Balaban J connectivity index is 3.10. The molecule has 0 saturated heterocycles. The number of benzene rings is 2. The van der Waals surface area contributed by atoms with Crippen LogP contribution in [0.4, 0.5) is 0 Å². The van der Waals surface area contributed by atoms with Crippen LogP contribution in [-0.4, -0.2) is 11.2 Å². The molecule has 0 spiro atoms. The molecule has 0 amide bonds. The average Bonchev–Trinajstić information content (AvgIpc) is 2.78. The molecule has 0 radical (unpaired) electrons. The van der Waals surface area contributed by atoms with E-state index in [1.807, 2.05) is 41.5 Å². The van der Waals surface area contributed by atoms with Gasteiger partial charge in [-0.05, 0) is 85.1 Å². The van der Waals surface area contributed by atoms with Crippen molar-refractivity contribution in [3.63, 3.8) is 0 Å². The molecule has 0 heterocycles. The van der Waals surface area contributed by atoms with Crippen LogP contribution in [0.5, 0.6) is 11.5 Å². The Labute approximate surface area is 279 Å². The van der Waals surface area contributed by atoms with Crippen molar-refractivity contribution in [2.75, 3.05) is 0 Å². The van der Waals surface area contributed by atoms with Crippen molar-refractivity contribution in [2.24, 2.45) is 0 Å². The highest BCUT2D eigenvalue weighted by atomic mass is 17.1. The summed E-state index contributed by atoms with van der Waals surface area (Å²) in [5.41, 5.74) is 3.03. The van der Waals surface area contributed by atoms with Gasteiger partial charge in [-0.25, -0.2) is 0 Å². The van der Waals surface area contributed by atoms with Crippen LogP contribution in [0.15, 0.2) is 24.3 Å². The zero-order valence-electron chi connectivity index (χ0n) is 32.3. The molecular formula is C38H64N2O6. The van der Waals surface area contributed by atoms with Gasteiger partial charge in [0.05, 0.1) is 0 Å². The Morgan fingerprint density at radius 2 is 0.761 bits per heavy atom. The molecule has 0 fully saturated rings. The lowest BCUT2D eigenvalue weighted by Gasteiger charge is -2.34. The molecule has 2 atom stereocenters. The zero-order chi connectivity index (χ0) is 36.0. The molecule has 46 heavy (non-hydrogen) atoms. The fourth-order valence-corrected chi connectivity index (χ4v) is 5.03. The van der Waals surface area contributed by atoms with E-state index in [1.165, 1.54) is 0 Å². The van der Waals surface area contributed by atoms with Crippen molar-refractivity contribution < 1.29 is 30.1 Å². The molecule has 0 aliphatic heterocycles. The van der Waals surface area contributed by atoms with E-state index in [4.69, 9.17) is 19.4 Å². The van der Waals surface area contributed by atoms with Crippen LogP contribution < -0.4 is 20.5 Å². The summed E-state index contributed by atoms with van der Waals surface area (Å²) in [7, 11) is 0. The Hall–Kier alpha value is -2.20. The van der Waals surface area contributed by atoms with Crippen molar-refractivity contribution >= 4 is 0 Å². The number of rotatable bonds is 8. The Bertz CT molecular complexity index is 1240. The smallest absolute Gasteiger partial charge is 0.202 e. The summed E-state index contributed by atoms with van der Waals surface area (Å²) in [4.78, 5) is 23.7. The average molecular weight is 645 g/mol. The molecule has 2 rings (SSSR count). The van der Waals surface area contributed by atoms with Gasteiger partial charge in [-0.2, -0.15) is 9.68 Å². The quantitative estimate of drug-likeness (QED) is 0.285. The van der Waals surface area contributed by atoms with Crippen molar-refractivity contribution in [2.45, 2.75) is 170 Å². The van der Waals surface area contributed by atoms with E-state index in [-0.39, 0.29) is 27.6 Å². The Morgan fingerprint density at radius 1 is 0.478 bits per heavy atom. The van der Waals surface area contributed by atoms with E-state index in [0.717, 1.165) is 33.4 Å². The van der Waals surface area contributed by atoms with Gasteiger partial charge in [-0.1, -0.05) is 114 Å². The summed E-state index contributed by atoms with van der Waals surface area (Å²) in [5.74, 6) is 0.564. The van der Waals surface area contributed by atoms with E-state index in [1.54, 1.807) is 0 Å². The molecule has 2 N–H and O–H groups in total. The normalized spacial score (nSPS) is 15.8. The highest BCUT2D eigenvalue weighted by Gasteiger charge is 2.35. The van der Waals surface area contributed by atoms with Gasteiger partial charge in [-0.3, -0.25) is 9.68 Å². The molecule has 0 saturated carbocycles. The lowest BCUT2D eigenvalue weighted by Crippen LogP contribution is -3.09. The highest BCUT2D eigenvalue weighted by Crippen LogP contribution is 2.47. The minimum absolute atomic E-state index is 0.196. The number of nitrogens with one attached hydrogen (secondary N) is 2. The van der Waals surface area contributed by atoms with Gasteiger partial charge in [0, 0.05) is 28.2 Å². The molecule has 2 aromatic rings. The topological polar surface area (TPSA) is 91.9 Å². The maximum absolute atomic E-state index is 13.3. The third kappa shape index (κ3) is 10.9. The highest BCUT2D eigenvalue weighted by molar-refractivity contribution is 5.58. The fraction of sp³-hybridized carbons (Fsp3) is 0.684. The summed E-state index contributed by atoms with van der Waals surface area (Å²) in [5, 5.41) is 25.0. The van der Waals surface area contributed by atoms with Crippen LogP contribution in [0.25, 0.3) is 0 Å². The monoisotopic (exact) mass is 644 g/mol. The maximum Gasteiger partial charge on any atom is 0.202 e. The molecule has 2 aromatic carbocycles. The summed E-state index contributed by atoms with van der Waals surface area (Å²) in [6, 6.07) is 8.52. The molecule has 0 bridgehead atoms. The van der Waals surface area contributed by atoms with Crippen LogP contribution in [-0.2, 0) is 31.3 Å². The van der Waals surface area contributed by atoms with Crippen LogP contribution in [0.3, 0.4) is 0 Å². The van der Waals surface area contributed by atoms with E-state index in [0.29, 0.717) is 11.5 Å². The Kier molecular flexibility index (Phi) is 11.6. The maximum atomic E-state index is 13.3. The summed E-state index contributed by atoms with van der Waals surface area (Å²) < 4.78 is 0. The number of hydrogen-bond donors (Lipinski definition) is 2. The van der Waals surface area contributed by atoms with Crippen molar-refractivity contribution in [3.8, 4) is 11.5 Å². The fourth-order valence-electron chi connectivity index (χ4n) is 5.03. The van der Waals surface area contributed by atoms with Crippen LogP contribution >= 0.6 is 0 Å². The van der Waals surface area contributed by atoms with Gasteiger partial charge in [0.25, 0.3) is 0 Å². The van der Waals surface area contributed by atoms with Crippen molar-refractivity contribution in [1.29, 1.82) is 0 Å².